The van der Waals surface area contributed by atoms with Gasteiger partial charge in [-0.25, -0.2) is 4.98 Å². The molecule has 5 rings (SSSR count). The van der Waals surface area contributed by atoms with Crippen LogP contribution in [0, 0.1) is 5.92 Å². The van der Waals surface area contributed by atoms with Crippen LogP contribution in [0.3, 0.4) is 0 Å². The molecular weight excluding hydrogens is 460 g/mol. The number of aryl methyl sites for hydroxylation is 3. The minimum absolute atomic E-state index is 0.558. The number of carboxylic acids is 1. The summed E-state index contributed by atoms with van der Waals surface area (Å²) in [5.74, 6) is 0.943. The number of fused-ring (bicyclic) bond motifs is 2. The van der Waals surface area contributed by atoms with Gasteiger partial charge in [0, 0.05) is 42.6 Å². The Kier molecular flexibility index (Phi) is 9.51. The number of anilines is 1. The monoisotopic (exact) mass is 502 g/mol. The second-order valence-electron chi connectivity index (χ2n) is 10.5. The van der Waals surface area contributed by atoms with E-state index in [9.17, 15) is 9.90 Å². The van der Waals surface area contributed by atoms with Crippen LogP contribution < -0.4 is 5.32 Å². The Morgan fingerprint density at radius 1 is 1.11 bits per heavy atom. The number of nitrogens with zero attached hydrogens (tertiary/aromatic N) is 3. The number of likely N-dealkylation sites (tertiary alicyclic amines) is 1. The Bertz CT molecular complexity index is 1190. The van der Waals surface area contributed by atoms with E-state index in [1.165, 1.54) is 49.8 Å². The second-order valence-corrected chi connectivity index (χ2v) is 10.5. The van der Waals surface area contributed by atoms with Crippen LogP contribution in [0.1, 0.15) is 81.4 Å². The van der Waals surface area contributed by atoms with Gasteiger partial charge in [-0.1, -0.05) is 64.3 Å². The SMILES string of the molecule is CCCCCCc1ccc2c(n1)NCCC2.CCc1nccc2c(C(C(=O)O)N3CC(C)C3)cccc12. The topological polar surface area (TPSA) is 78.3 Å². The lowest BCUT2D eigenvalue weighted by molar-refractivity contribution is -0.146. The van der Waals surface area contributed by atoms with Crippen molar-refractivity contribution in [3.05, 3.63) is 65.1 Å². The van der Waals surface area contributed by atoms with E-state index in [-0.39, 0.29) is 0 Å². The first kappa shape index (κ1) is 27.1. The molecule has 2 N–H and O–H groups in total. The quantitative estimate of drug-likeness (QED) is 0.328. The number of hydrogen-bond acceptors (Lipinski definition) is 5. The van der Waals surface area contributed by atoms with Crippen molar-refractivity contribution in [1.29, 1.82) is 0 Å². The maximum atomic E-state index is 11.8. The highest BCUT2D eigenvalue weighted by Gasteiger charge is 2.35. The summed E-state index contributed by atoms with van der Waals surface area (Å²) in [6, 6.07) is 11.7. The summed E-state index contributed by atoms with van der Waals surface area (Å²) in [5, 5.41) is 15.1. The fourth-order valence-corrected chi connectivity index (χ4v) is 5.50. The highest BCUT2D eigenvalue weighted by Crippen LogP contribution is 2.33. The third-order valence-electron chi connectivity index (χ3n) is 7.48. The van der Waals surface area contributed by atoms with Gasteiger partial charge in [0.05, 0.1) is 0 Å². The molecule has 0 aliphatic carbocycles. The third kappa shape index (κ3) is 6.67. The molecule has 1 atom stereocenters. The lowest BCUT2D eigenvalue weighted by Crippen LogP contribution is -2.49. The van der Waals surface area contributed by atoms with Gasteiger partial charge in [-0.2, -0.15) is 0 Å². The van der Waals surface area contributed by atoms with E-state index < -0.39 is 12.0 Å². The lowest BCUT2D eigenvalue weighted by atomic mass is 9.92. The molecule has 2 aliphatic rings. The van der Waals surface area contributed by atoms with Crippen molar-refractivity contribution < 1.29 is 9.90 Å². The fraction of sp³-hybridized carbons (Fsp3) is 0.516. The highest BCUT2D eigenvalue weighted by molar-refractivity contribution is 5.91. The number of nitrogens with one attached hydrogen (secondary N) is 1. The molecule has 37 heavy (non-hydrogen) atoms. The van der Waals surface area contributed by atoms with Gasteiger partial charge in [-0.05, 0) is 66.7 Å². The number of pyridine rings is 2. The molecule has 2 aliphatic heterocycles. The maximum Gasteiger partial charge on any atom is 0.325 e. The standard InChI is InChI=1S/C17H20N2O2.C14H22N2/c1-3-15-13-5-4-6-14(12(13)7-8-18-15)16(17(20)21)19-9-11(2)10-19;1-2-3-4-5-8-13-10-9-12-7-6-11-15-14(12)16-13/h4-8,11,16H,3,9-10H2,1-2H3,(H,20,21);9-10H,2-8,11H2,1H3,(H,15,16). The molecule has 6 nitrogen and oxygen atoms in total. The van der Waals surface area contributed by atoms with Crippen LogP contribution in [0.5, 0.6) is 0 Å². The molecule has 1 aromatic carbocycles. The van der Waals surface area contributed by atoms with Crippen molar-refractivity contribution in [3.8, 4) is 0 Å². The van der Waals surface area contributed by atoms with E-state index in [1.807, 2.05) is 29.2 Å². The van der Waals surface area contributed by atoms with Crippen LogP contribution in [-0.2, 0) is 24.1 Å². The second kappa shape index (κ2) is 13.0. The van der Waals surface area contributed by atoms with Crippen molar-refractivity contribution in [2.45, 2.75) is 78.2 Å². The zero-order valence-corrected chi connectivity index (χ0v) is 22.7. The zero-order chi connectivity index (χ0) is 26.2. The smallest absolute Gasteiger partial charge is 0.325 e. The van der Waals surface area contributed by atoms with Crippen LogP contribution in [0.15, 0.2) is 42.6 Å². The number of unbranched alkanes of at least 4 members (excludes halogenated alkanes) is 3. The van der Waals surface area contributed by atoms with Gasteiger partial charge >= 0.3 is 5.97 Å². The Balaban J connectivity index is 0.000000180. The third-order valence-corrected chi connectivity index (χ3v) is 7.48. The molecule has 2 aromatic heterocycles. The van der Waals surface area contributed by atoms with E-state index in [0.717, 1.165) is 60.3 Å². The molecule has 4 heterocycles. The van der Waals surface area contributed by atoms with E-state index in [1.54, 1.807) is 6.20 Å². The number of benzene rings is 1. The number of carbonyl (C=O) groups is 1. The molecule has 0 spiro atoms. The minimum atomic E-state index is -0.774. The van der Waals surface area contributed by atoms with Crippen molar-refractivity contribution in [2.75, 3.05) is 25.0 Å². The summed E-state index contributed by atoms with van der Waals surface area (Å²) in [6.07, 6.45) is 11.5. The normalized spacial score (nSPS) is 16.2. The number of aliphatic carboxylic acids is 1. The van der Waals surface area contributed by atoms with Crippen molar-refractivity contribution in [1.82, 2.24) is 14.9 Å². The lowest BCUT2D eigenvalue weighted by Gasteiger charge is -2.41. The van der Waals surface area contributed by atoms with Gasteiger partial charge in [0.25, 0.3) is 0 Å². The van der Waals surface area contributed by atoms with E-state index >= 15 is 0 Å². The Morgan fingerprint density at radius 2 is 1.95 bits per heavy atom. The van der Waals surface area contributed by atoms with Crippen LogP contribution >= 0.6 is 0 Å². The van der Waals surface area contributed by atoms with Crippen molar-refractivity contribution in [2.24, 2.45) is 5.92 Å². The summed E-state index contributed by atoms with van der Waals surface area (Å²) in [4.78, 5) is 22.9. The van der Waals surface area contributed by atoms with Crippen LogP contribution in [0.2, 0.25) is 0 Å². The number of carboxylic acid groups (broad SMARTS) is 1. The van der Waals surface area contributed by atoms with Crippen molar-refractivity contribution in [3.63, 3.8) is 0 Å². The van der Waals surface area contributed by atoms with Crippen molar-refractivity contribution >= 4 is 22.6 Å². The molecule has 1 unspecified atom stereocenters. The molecule has 3 aromatic rings. The van der Waals surface area contributed by atoms with E-state index in [2.05, 4.69) is 43.2 Å². The molecule has 1 fully saturated rings. The van der Waals surface area contributed by atoms with Gasteiger partial charge in [0.2, 0.25) is 0 Å². The highest BCUT2D eigenvalue weighted by atomic mass is 16.4. The predicted octanol–water partition coefficient (Wildman–Crippen LogP) is 6.44. The molecule has 6 heteroatoms. The predicted molar refractivity (Wildman–Crippen MR) is 151 cm³/mol. The van der Waals surface area contributed by atoms with E-state index in [0.29, 0.717) is 5.92 Å². The first-order valence-corrected chi connectivity index (χ1v) is 14.1. The summed E-state index contributed by atoms with van der Waals surface area (Å²) < 4.78 is 0. The molecule has 1 saturated heterocycles. The minimum Gasteiger partial charge on any atom is -0.480 e. The Hall–Kier alpha value is -2.99. The number of rotatable bonds is 9. The van der Waals surface area contributed by atoms with Crippen LogP contribution in [0.25, 0.3) is 10.8 Å². The summed E-state index contributed by atoms with van der Waals surface area (Å²) in [5.41, 5.74) is 4.55. The van der Waals surface area contributed by atoms with E-state index in [4.69, 9.17) is 4.98 Å². The average Bonchev–Trinajstić information content (AvgIpc) is 2.90. The largest absolute Gasteiger partial charge is 0.480 e. The molecule has 198 valence electrons. The van der Waals surface area contributed by atoms with Gasteiger partial charge in [0.15, 0.2) is 0 Å². The first-order valence-electron chi connectivity index (χ1n) is 14.1. The molecule has 0 saturated carbocycles. The number of aromatic nitrogens is 2. The van der Waals surface area contributed by atoms with Crippen LogP contribution in [0.4, 0.5) is 5.82 Å². The van der Waals surface area contributed by atoms with Gasteiger partial charge in [-0.15, -0.1) is 0 Å². The molecular formula is C31H42N4O2. The summed E-state index contributed by atoms with van der Waals surface area (Å²) >= 11 is 0. The van der Waals surface area contributed by atoms with Crippen LogP contribution in [-0.4, -0.2) is 45.6 Å². The van der Waals surface area contributed by atoms with Gasteiger partial charge in [-0.3, -0.25) is 14.7 Å². The average molecular weight is 503 g/mol. The number of hydrogen-bond donors (Lipinski definition) is 2. The summed E-state index contributed by atoms with van der Waals surface area (Å²) in [6.45, 7) is 9.25. The zero-order valence-electron chi connectivity index (χ0n) is 22.7. The maximum absolute atomic E-state index is 11.8. The molecule has 0 amide bonds. The molecule has 0 radical (unpaired) electrons. The summed E-state index contributed by atoms with van der Waals surface area (Å²) in [7, 11) is 0. The fourth-order valence-electron chi connectivity index (χ4n) is 5.50. The Labute approximate surface area is 221 Å². The van der Waals surface area contributed by atoms with Gasteiger partial charge in [0.1, 0.15) is 11.9 Å². The van der Waals surface area contributed by atoms with Gasteiger partial charge < -0.3 is 10.4 Å². The first-order chi connectivity index (χ1) is 18.0. The Morgan fingerprint density at radius 3 is 2.68 bits per heavy atom. The molecule has 0 bridgehead atoms.